The van der Waals surface area contributed by atoms with Gasteiger partial charge in [-0.1, -0.05) is 0 Å². The smallest absolute Gasteiger partial charge is 0 e. The second-order valence-corrected chi connectivity index (χ2v) is 2.33. The molecular formula is H3O4Se. The van der Waals surface area contributed by atoms with Crippen LogP contribution in [0.5, 0.6) is 0 Å². The molecular weight excluding hydrogens is 143 g/mol. The second kappa shape index (κ2) is 1.02. The molecule has 0 bridgehead atoms. The van der Waals surface area contributed by atoms with E-state index in [4.69, 9.17) is 16.0 Å². The van der Waals surface area contributed by atoms with E-state index in [1.54, 1.807) is 0 Å². The Bertz CT molecular complexity index is 90.7. The summed E-state index contributed by atoms with van der Waals surface area (Å²) in [6, 6.07) is 0. The average molecular weight is 147 g/mol. The van der Waals surface area contributed by atoms with Gasteiger partial charge in [0.2, 0.25) is 0 Å². The maximum Gasteiger partial charge on any atom is 0 e. The molecule has 2 N–H and O–H groups in total. The Morgan fingerprint density at radius 1 is 1.40 bits per heavy atom. The maximum atomic E-state index is 8.82. The molecule has 0 rings (SSSR count). The fourth-order valence-electron chi connectivity index (χ4n) is 0. The Labute approximate surface area is 31.8 Å². The van der Waals surface area contributed by atoms with Crippen LogP contribution in [0.4, 0.5) is 0 Å². The maximum absolute atomic E-state index is 8.82. The summed E-state index contributed by atoms with van der Waals surface area (Å²) < 4.78 is 31.9. The van der Waals surface area contributed by atoms with Crippen LogP contribution in [0.15, 0.2) is 0 Å². The van der Waals surface area contributed by atoms with Crippen molar-refractivity contribution in [2.75, 3.05) is 0 Å². The molecule has 0 aliphatic carbocycles. The van der Waals surface area contributed by atoms with Gasteiger partial charge in [0.1, 0.15) is 0 Å². The van der Waals surface area contributed by atoms with Crippen molar-refractivity contribution in [3.8, 4) is 0 Å². The summed E-state index contributed by atoms with van der Waals surface area (Å²) >= 11 is -5.25. The van der Waals surface area contributed by atoms with Crippen molar-refractivity contribution < 1.29 is 17.5 Å². The van der Waals surface area contributed by atoms with Gasteiger partial charge in [0.05, 0.1) is 0 Å². The Hall–Kier alpha value is 0.0395. The SMILES string of the molecule is O=[Se](=O)(O)O.[2H]. The van der Waals surface area contributed by atoms with Crippen molar-refractivity contribution in [2.24, 2.45) is 0 Å². The number of rotatable bonds is 0. The molecule has 5 heavy (non-hydrogen) atoms. The van der Waals surface area contributed by atoms with Crippen LogP contribution in [-0.2, 0) is 7.67 Å². The van der Waals surface area contributed by atoms with Crippen molar-refractivity contribution in [3.63, 3.8) is 0 Å². The second-order valence-electron chi connectivity index (χ2n) is 0.448. The van der Waals surface area contributed by atoms with Gasteiger partial charge >= 0.3 is 29.4 Å². The summed E-state index contributed by atoms with van der Waals surface area (Å²) in [6.45, 7) is 0. The van der Waals surface area contributed by atoms with Crippen molar-refractivity contribution in [2.45, 2.75) is 0 Å². The minimum Gasteiger partial charge on any atom is 0 e. The number of hydrogen-bond donors (Lipinski definition) is 2. The topological polar surface area (TPSA) is 74.6 Å². The average Bonchev–Trinajstić information content (AvgIpc) is 0.722. The third-order valence-corrected chi connectivity index (χ3v) is 0. The van der Waals surface area contributed by atoms with Gasteiger partial charge < -0.3 is 0 Å². The van der Waals surface area contributed by atoms with Gasteiger partial charge in [-0.15, -0.1) is 0 Å². The van der Waals surface area contributed by atoms with Gasteiger partial charge in [0.15, 0.2) is 0 Å². The Balaban J connectivity index is 0. The molecule has 0 unspecified atom stereocenters. The van der Waals surface area contributed by atoms with Crippen molar-refractivity contribution in [1.29, 1.82) is 0 Å². The normalized spacial score (nSPS) is 11.6. The van der Waals surface area contributed by atoms with E-state index in [0.717, 1.165) is 0 Å². The van der Waals surface area contributed by atoms with Crippen LogP contribution in [0.1, 0.15) is 1.43 Å². The third kappa shape index (κ3) is 10800. The van der Waals surface area contributed by atoms with Gasteiger partial charge in [-0.2, -0.15) is 0 Å². The third-order valence-electron chi connectivity index (χ3n) is 0. The summed E-state index contributed by atoms with van der Waals surface area (Å²) in [5.41, 5.74) is 0. The zero-order valence-corrected chi connectivity index (χ0v) is 3.83. The molecule has 0 aliphatic rings. The van der Waals surface area contributed by atoms with Gasteiger partial charge in [-0.25, -0.2) is 0 Å². The molecule has 0 aromatic rings. The van der Waals surface area contributed by atoms with E-state index in [2.05, 4.69) is 0 Å². The monoisotopic (exact) mass is 148 g/mol. The van der Waals surface area contributed by atoms with Crippen LogP contribution in [0.3, 0.4) is 0 Å². The summed E-state index contributed by atoms with van der Waals surface area (Å²) in [6.07, 6.45) is 0. The predicted octanol–water partition coefficient (Wildman–Crippen LogP) is -1.62. The molecule has 0 aromatic carbocycles. The Morgan fingerprint density at radius 3 is 1.40 bits per heavy atom. The first-order valence-corrected chi connectivity index (χ1v) is 3.63. The summed E-state index contributed by atoms with van der Waals surface area (Å²) in [4.78, 5) is 0. The fraction of sp³-hybridized carbons (Fsp3) is 0. The standard InChI is InChI=1S/H2O4Se.H/c1-5(2,3)4;/h(H2,1,2,3,4);/i;1+1. The zero-order valence-electron chi connectivity index (χ0n) is 3.12. The Morgan fingerprint density at radius 2 is 1.40 bits per heavy atom. The molecule has 0 saturated heterocycles. The van der Waals surface area contributed by atoms with Gasteiger partial charge in [-0.3, -0.25) is 0 Å². The number of hydrogen-bond acceptors (Lipinski definition) is 2. The van der Waals surface area contributed by atoms with Crippen LogP contribution in [0.2, 0.25) is 0 Å². The minimum atomic E-state index is -5.25. The molecule has 0 atom stereocenters. The van der Waals surface area contributed by atoms with E-state index < -0.39 is 13.4 Å². The van der Waals surface area contributed by atoms with E-state index in [0.29, 0.717) is 0 Å². The molecule has 0 saturated carbocycles. The van der Waals surface area contributed by atoms with E-state index in [9.17, 15) is 0 Å². The van der Waals surface area contributed by atoms with Crippen LogP contribution in [0, 0.1) is 0 Å². The molecule has 0 aromatic heterocycles. The van der Waals surface area contributed by atoms with Crippen LogP contribution in [-0.4, -0.2) is 21.7 Å². The molecule has 33 valence electrons. The molecule has 0 aliphatic heterocycles. The molecule has 0 fully saturated rings. The summed E-state index contributed by atoms with van der Waals surface area (Å²) in [5.74, 6) is 0. The van der Waals surface area contributed by atoms with E-state index in [-0.39, 0.29) is 1.43 Å². The predicted molar refractivity (Wildman–Crippen MR) is 12.7 cm³/mol. The molecule has 0 spiro atoms. The largest absolute Gasteiger partial charge is 0 e. The fourth-order valence-corrected chi connectivity index (χ4v) is 0. The quantitative estimate of drug-likeness (QED) is 0.404. The van der Waals surface area contributed by atoms with Gasteiger partial charge in [-0.05, 0) is 0 Å². The first kappa shape index (κ1) is 5.04. The molecule has 4 nitrogen and oxygen atoms in total. The van der Waals surface area contributed by atoms with E-state index in [1.807, 2.05) is 0 Å². The van der Waals surface area contributed by atoms with Gasteiger partial charge in [0.25, 0.3) is 0 Å². The van der Waals surface area contributed by atoms with Crippen LogP contribution in [0.25, 0.3) is 0 Å². The van der Waals surface area contributed by atoms with Crippen LogP contribution >= 0.6 is 0 Å². The zero-order chi connectivity index (χ0) is 4.50. The molecule has 0 heterocycles. The van der Waals surface area contributed by atoms with Crippen LogP contribution < -0.4 is 0 Å². The summed E-state index contributed by atoms with van der Waals surface area (Å²) in [7, 11) is 0. The van der Waals surface area contributed by atoms with Crippen molar-refractivity contribution in [1.82, 2.24) is 0 Å². The molecule has 5 heteroatoms. The van der Waals surface area contributed by atoms with E-state index in [1.165, 1.54) is 0 Å². The van der Waals surface area contributed by atoms with E-state index >= 15 is 0 Å². The first-order chi connectivity index (χ1) is 2.00. The summed E-state index contributed by atoms with van der Waals surface area (Å²) in [5, 5.41) is 0. The van der Waals surface area contributed by atoms with Crippen molar-refractivity contribution in [3.05, 3.63) is 0 Å². The van der Waals surface area contributed by atoms with Gasteiger partial charge in [0, 0.05) is 1.43 Å². The molecule has 1 radical (unpaired) electrons. The minimum absolute atomic E-state index is 0. The van der Waals surface area contributed by atoms with Crippen molar-refractivity contribution >= 4 is 13.4 Å². The Kier molecular flexibility index (Phi) is 1.03. The molecule has 0 amide bonds. The first-order valence-electron chi connectivity index (χ1n) is 0.698.